The minimum Gasteiger partial charge on any atom is -0.490 e. The SMILES string of the molecule is Cc1c(OC2CCC(CCCN3CCN(c4ccc5c(C6CCC(=O)NC6=O)nn(C)c5c4)CC3C)CC2)cccc1-c1ccc(N2CCc3cccc(C(=O)Nc4nc5ccccc5s4)c3C2)nc1C(=O)O. The predicted molar refractivity (Wildman–Crippen MR) is 285 cm³/mol. The number of aromatic nitrogens is 4. The molecule has 15 nitrogen and oxygen atoms in total. The molecule has 0 bridgehead atoms. The number of benzene rings is 4. The molecule has 16 heteroatoms. The third-order valence-electron chi connectivity index (χ3n) is 15.7. The van der Waals surface area contributed by atoms with Crippen LogP contribution in [0.1, 0.15) is 107 Å². The number of thiazole rings is 1. The van der Waals surface area contributed by atoms with Gasteiger partial charge in [0.2, 0.25) is 11.8 Å². The van der Waals surface area contributed by atoms with Crippen molar-refractivity contribution in [3.05, 3.63) is 125 Å². The number of aryl methyl sites for hydroxylation is 1. The van der Waals surface area contributed by atoms with Crippen molar-refractivity contribution in [1.29, 1.82) is 0 Å². The summed E-state index contributed by atoms with van der Waals surface area (Å²) in [5.74, 6) is -0.230. The van der Waals surface area contributed by atoms with Crippen molar-refractivity contribution in [2.45, 2.75) is 96.2 Å². The van der Waals surface area contributed by atoms with Gasteiger partial charge in [0.1, 0.15) is 11.6 Å². The van der Waals surface area contributed by atoms with Crippen LogP contribution in [-0.2, 0) is 29.6 Å². The van der Waals surface area contributed by atoms with Gasteiger partial charge in [-0.1, -0.05) is 47.7 Å². The number of nitrogens with zero attached hydrogens (tertiary/aromatic N) is 7. The molecular weight excluding hydrogens is 939 g/mol. The lowest BCUT2D eigenvalue weighted by Crippen LogP contribution is -2.52. The molecule has 7 aromatic rings. The van der Waals surface area contributed by atoms with Gasteiger partial charge < -0.3 is 19.6 Å². The van der Waals surface area contributed by atoms with Crippen LogP contribution in [0.15, 0.2) is 91.0 Å². The predicted octanol–water partition coefficient (Wildman–Crippen LogP) is 9.52. The second-order valence-corrected chi connectivity index (χ2v) is 21.3. The van der Waals surface area contributed by atoms with E-state index in [2.05, 4.69) is 50.5 Å². The standard InChI is InChI=1S/C57H61N9O6S/c1-34-32-65(38-18-21-43-47(31-38)63(3)62-52(43)44-23-25-51(67)60-55(44)69)30-29-64(34)27-8-9-36-16-19-39(20-17-36)72-48-14-7-11-40(35(48)2)41-22-24-50(59-53(41)56(70)71)66-28-26-37-10-6-12-42(45(37)33-66)54(68)61-57-58-46-13-4-5-15-49(46)73-57/h4-7,10-15,18,21-22,24,31,34,36,39,44H,8-9,16-17,19-20,23,25-30,32-33H2,1-3H3,(H,70,71)(H,58,61,68)(H,60,67,69). The Morgan fingerprint density at radius 1 is 0.877 bits per heavy atom. The number of carboxylic acids is 1. The molecular formula is C57H61N9O6S. The molecule has 3 N–H and O–H groups in total. The fourth-order valence-corrected chi connectivity index (χ4v) is 12.5. The van der Waals surface area contributed by atoms with E-state index in [1.807, 2.05) is 96.3 Å². The number of ether oxygens (including phenoxy) is 1. The molecule has 1 aliphatic carbocycles. The van der Waals surface area contributed by atoms with Crippen LogP contribution in [-0.4, -0.2) is 98.3 Å². The van der Waals surface area contributed by atoms with E-state index >= 15 is 0 Å². The topological polar surface area (TPSA) is 175 Å². The van der Waals surface area contributed by atoms with Crippen molar-refractivity contribution in [2.75, 3.05) is 47.8 Å². The third-order valence-corrected chi connectivity index (χ3v) is 16.7. The monoisotopic (exact) mass is 999 g/mol. The van der Waals surface area contributed by atoms with Crippen LogP contribution in [0.5, 0.6) is 5.75 Å². The molecule has 0 radical (unpaired) electrons. The summed E-state index contributed by atoms with van der Waals surface area (Å²) in [7, 11) is 1.92. The Morgan fingerprint density at radius 3 is 2.52 bits per heavy atom. The summed E-state index contributed by atoms with van der Waals surface area (Å²) < 4.78 is 9.56. The van der Waals surface area contributed by atoms with Crippen molar-refractivity contribution in [3.63, 3.8) is 0 Å². The summed E-state index contributed by atoms with van der Waals surface area (Å²) >= 11 is 1.44. The van der Waals surface area contributed by atoms with Gasteiger partial charge >= 0.3 is 5.97 Å². The lowest BCUT2D eigenvalue weighted by molar-refractivity contribution is -0.134. The molecule has 2 unspecified atom stereocenters. The minimum absolute atomic E-state index is 0.0201. The van der Waals surface area contributed by atoms with E-state index in [4.69, 9.17) is 14.8 Å². The number of hydrogen-bond acceptors (Lipinski definition) is 12. The number of imide groups is 1. The van der Waals surface area contributed by atoms with Crippen LogP contribution in [0.2, 0.25) is 0 Å². The number of rotatable bonds is 13. The first-order chi connectivity index (χ1) is 35.4. The number of pyridine rings is 1. The van der Waals surface area contributed by atoms with E-state index in [-0.39, 0.29) is 29.5 Å². The highest BCUT2D eigenvalue weighted by Gasteiger charge is 2.33. The minimum atomic E-state index is -1.10. The van der Waals surface area contributed by atoms with Crippen LogP contribution >= 0.6 is 11.3 Å². The highest BCUT2D eigenvalue weighted by atomic mass is 32.1. The van der Waals surface area contributed by atoms with Crippen LogP contribution in [0, 0.1) is 12.8 Å². The molecule has 376 valence electrons. The van der Waals surface area contributed by atoms with Gasteiger partial charge in [0.15, 0.2) is 10.8 Å². The van der Waals surface area contributed by atoms with Crippen LogP contribution < -0.4 is 25.2 Å². The van der Waals surface area contributed by atoms with Gasteiger partial charge in [-0.3, -0.25) is 34.6 Å². The first-order valence-electron chi connectivity index (χ1n) is 25.8. The number of carbonyl (C=O) groups is 4. The summed E-state index contributed by atoms with van der Waals surface area (Å²) in [4.78, 5) is 67.5. The first kappa shape index (κ1) is 48.1. The van der Waals surface area contributed by atoms with E-state index < -0.39 is 11.9 Å². The second kappa shape index (κ2) is 20.4. The zero-order chi connectivity index (χ0) is 50.3. The zero-order valence-electron chi connectivity index (χ0n) is 41.6. The number of anilines is 3. The summed E-state index contributed by atoms with van der Waals surface area (Å²) in [6.45, 7) is 9.34. The normalized spacial score (nSPS) is 20.5. The fraction of sp³-hybridized carbons (Fsp3) is 0.386. The van der Waals surface area contributed by atoms with Crippen LogP contribution in [0.4, 0.5) is 16.6 Å². The smallest absolute Gasteiger partial charge is 0.355 e. The van der Waals surface area contributed by atoms with Gasteiger partial charge in [-0.05, 0) is 155 Å². The molecule has 3 aromatic heterocycles. The molecule has 4 aromatic carbocycles. The van der Waals surface area contributed by atoms with Gasteiger partial charge in [-0.2, -0.15) is 5.10 Å². The van der Waals surface area contributed by atoms with Crippen molar-refractivity contribution >= 4 is 72.8 Å². The van der Waals surface area contributed by atoms with Gasteiger partial charge in [0.05, 0.1) is 33.4 Å². The second-order valence-electron chi connectivity index (χ2n) is 20.3. The molecule has 3 amide bonds. The lowest BCUT2D eigenvalue weighted by atomic mass is 9.84. The van der Waals surface area contributed by atoms with E-state index in [1.54, 1.807) is 0 Å². The molecule has 0 spiro atoms. The van der Waals surface area contributed by atoms with Crippen molar-refractivity contribution in [2.24, 2.45) is 13.0 Å². The molecule has 6 heterocycles. The average Bonchev–Trinajstić information content (AvgIpc) is 3.96. The number of para-hydroxylation sites is 1. The van der Waals surface area contributed by atoms with Crippen LogP contribution in [0.3, 0.4) is 0 Å². The maximum Gasteiger partial charge on any atom is 0.355 e. The molecule has 3 aliphatic heterocycles. The van der Waals surface area contributed by atoms with Gasteiger partial charge in [0.25, 0.3) is 5.91 Å². The van der Waals surface area contributed by atoms with Crippen LogP contribution in [0.25, 0.3) is 32.2 Å². The number of hydrogen-bond donors (Lipinski definition) is 3. The maximum absolute atomic E-state index is 13.7. The molecule has 73 heavy (non-hydrogen) atoms. The molecule has 2 atom stereocenters. The molecule has 1 saturated carbocycles. The number of amides is 3. The Hall–Kier alpha value is -7.17. The number of carboxylic acid groups (broad SMARTS) is 1. The van der Waals surface area contributed by atoms with E-state index in [0.717, 1.165) is 112 Å². The highest BCUT2D eigenvalue weighted by Crippen LogP contribution is 2.38. The number of aromatic carboxylic acids is 1. The molecule has 11 rings (SSSR count). The number of fused-ring (bicyclic) bond motifs is 3. The van der Waals surface area contributed by atoms with Crippen molar-refractivity contribution < 1.29 is 29.0 Å². The third kappa shape index (κ3) is 9.89. The average molecular weight is 1000 g/mol. The number of carbonyl (C=O) groups excluding carboxylic acids is 3. The lowest BCUT2D eigenvalue weighted by Gasteiger charge is -2.41. The Bertz CT molecular complexity index is 3240. The Balaban J connectivity index is 0.670. The first-order valence-corrected chi connectivity index (χ1v) is 26.6. The molecule has 3 fully saturated rings. The zero-order valence-corrected chi connectivity index (χ0v) is 42.4. The van der Waals surface area contributed by atoms with Gasteiger partial charge in [-0.25, -0.2) is 14.8 Å². The van der Waals surface area contributed by atoms with E-state index in [9.17, 15) is 24.3 Å². The van der Waals surface area contributed by atoms with Crippen molar-refractivity contribution in [3.8, 4) is 16.9 Å². The van der Waals surface area contributed by atoms with Gasteiger partial charge in [0, 0.05) is 74.4 Å². The van der Waals surface area contributed by atoms with Crippen molar-refractivity contribution in [1.82, 2.24) is 30.0 Å². The quantitative estimate of drug-likeness (QED) is 0.0935. The Morgan fingerprint density at radius 2 is 1.71 bits per heavy atom. The maximum atomic E-state index is 13.7. The Labute approximate surface area is 428 Å². The van der Waals surface area contributed by atoms with Gasteiger partial charge in [-0.15, -0.1) is 0 Å². The largest absolute Gasteiger partial charge is 0.490 e. The summed E-state index contributed by atoms with van der Waals surface area (Å²) in [5, 5.41) is 22.3. The number of piperazine rings is 1. The number of nitrogens with one attached hydrogen (secondary N) is 2. The Kier molecular flexibility index (Phi) is 13.4. The summed E-state index contributed by atoms with van der Waals surface area (Å²) in [6, 6.07) is 30.0. The molecule has 4 aliphatic rings. The molecule has 2 saturated heterocycles. The fourth-order valence-electron chi connectivity index (χ4n) is 11.7. The summed E-state index contributed by atoms with van der Waals surface area (Å²) in [5.41, 5.74) is 8.49. The van der Waals surface area contributed by atoms with E-state index in [0.29, 0.717) is 66.4 Å². The van der Waals surface area contributed by atoms with E-state index in [1.165, 1.54) is 24.2 Å². The number of piperidine rings is 1. The highest BCUT2D eigenvalue weighted by molar-refractivity contribution is 7.22. The summed E-state index contributed by atoms with van der Waals surface area (Å²) in [6.07, 6.45) is 8.19.